The molecular formula is C8H14F3N. The van der Waals surface area contributed by atoms with Crippen LogP contribution in [-0.4, -0.2) is 31.2 Å². The minimum Gasteiger partial charge on any atom is -0.306 e. The van der Waals surface area contributed by atoms with Gasteiger partial charge < -0.3 is 4.90 Å². The molecule has 1 saturated heterocycles. The number of rotatable bonds is 2. The van der Waals surface area contributed by atoms with Gasteiger partial charge in [0.25, 0.3) is 0 Å². The highest BCUT2D eigenvalue weighted by atomic mass is 19.4. The minimum atomic E-state index is -3.97. The van der Waals surface area contributed by atoms with E-state index in [1.807, 2.05) is 7.05 Å². The van der Waals surface area contributed by atoms with Crippen LogP contribution < -0.4 is 0 Å². The van der Waals surface area contributed by atoms with Crippen molar-refractivity contribution in [1.29, 1.82) is 0 Å². The van der Waals surface area contributed by atoms with Crippen LogP contribution in [0.1, 0.15) is 19.3 Å². The second-order valence-electron chi connectivity index (χ2n) is 3.57. The fourth-order valence-corrected chi connectivity index (χ4v) is 1.63. The second-order valence-corrected chi connectivity index (χ2v) is 3.57. The molecule has 0 aromatic heterocycles. The Labute approximate surface area is 70.5 Å². The Morgan fingerprint density at radius 3 is 2.50 bits per heavy atom. The first-order chi connectivity index (χ1) is 5.47. The summed E-state index contributed by atoms with van der Waals surface area (Å²) in [5.41, 5.74) is 0. The van der Waals surface area contributed by atoms with Crippen LogP contribution in [0.25, 0.3) is 0 Å². The van der Waals surface area contributed by atoms with Crippen molar-refractivity contribution in [1.82, 2.24) is 4.90 Å². The van der Waals surface area contributed by atoms with E-state index in [4.69, 9.17) is 0 Å². The maximum atomic E-state index is 11.8. The Hall–Kier alpha value is -0.250. The molecule has 12 heavy (non-hydrogen) atoms. The lowest BCUT2D eigenvalue weighted by Crippen LogP contribution is -2.15. The van der Waals surface area contributed by atoms with Crippen molar-refractivity contribution in [3.8, 4) is 0 Å². The number of hydrogen-bond acceptors (Lipinski definition) is 1. The lowest BCUT2D eigenvalue weighted by molar-refractivity contribution is -0.137. The molecule has 72 valence electrons. The number of nitrogens with zero attached hydrogens (tertiary/aromatic N) is 1. The molecule has 1 rings (SSSR count). The van der Waals surface area contributed by atoms with Crippen LogP contribution in [0.15, 0.2) is 0 Å². The summed E-state index contributed by atoms with van der Waals surface area (Å²) in [5, 5.41) is 0. The fourth-order valence-electron chi connectivity index (χ4n) is 1.63. The first kappa shape index (κ1) is 9.84. The van der Waals surface area contributed by atoms with Gasteiger partial charge >= 0.3 is 6.18 Å². The van der Waals surface area contributed by atoms with E-state index < -0.39 is 12.6 Å². The number of hydrogen-bond donors (Lipinski definition) is 0. The van der Waals surface area contributed by atoms with Gasteiger partial charge in [-0.1, -0.05) is 0 Å². The van der Waals surface area contributed by atoms with E-state index in [0.29, 0.717) is 6.42 Å². The molecule has 4 heteroatoms. The number of alkyl halides is 3. The topological polar surface area (TPSA) is 3.24 Å². The molecule has 0 amide bonds. The molecule has 0 spiro atoms. The summed E-state index contributed by atoms with van der Waals surface area (Å²) >= 11 is 0. The summed E-state index contributed by atoms with van der Waals surface area (Å²) in [5.74, 6) is 0.261. The van der Waals surface area contributed by atoms with E-state index in [9.17, 15) is 13.2 Å². The van der Waals surface area contributed by atoms with Crippen molar-refractivity contribution in [3.63, 3.8) is 0 Å². The van der Waals surface area contributed by atoms with Gasteiger partial charge in [0.1, 0.15) is 0 Å². The number of halogens is 3. The molecule has 0 N–H and O–H groups in total. The van der Waals surface area contributed by atoms with Gasteiger partial charge in [0.2, 0.25) is 0 Å². The highest BCUT2D eigenvalue weighted by Gasteiger charge is 2.29. The van der Waals surface area contributed by atoms with E-state index in [1.165, 1.54) is 0 Å². The fraction of sp³-hybridized carbons (Fsp3) is 1.00. The lowest BCUT2D eigenvalue weighted by atomic mass is 10.0. The van der Waals surface area contributed by atoms with E-state index >= 15 is 0 Å². The highest BCUT2D eigenvalue weighted by molar-refractivity contribution is 4.73. The van der Waals surface area contributed by atoms with E-state index in [1.54, 1.807) is 0 Å². The van der Waals surface area contributed by atoms with Crippen LogP contribution >= 0.6 is 0 Å². The molecule has 1 atom stereocenters. The van der Waals surface area contributed by atoms with Crippen LogP contribution in [0, 0.1) is 5.92 Å². The summed E-state index contributed by atoms with van der Waals surface area (Å²) in [7, 11) is 1.95. The van der Waals surface area contributed by atoms with Crippen molar-refractivity contribution in [2.75, 3.05) is 20.1 Å². The Morgan fingerprint density at radius 1 is 1.42 bits per heavy atom. The van der Waals surface area contributed by atoms with Crippen LogP contribution in [0.3, 0.4) is 0 Å². The molecule has 1 fully saturated rings. The standard InChI is InChI=1S/C8H14F3N/c1-12-5-3-7(6-12)2-4-8(9,10)11/h7H,2-6H2,1H3. The van der Waals surface area contributed by atoms with Gasteiger partial charge in [-0.05, 0) is 32.4 Å². The summed E-state index contributed by atoms with van der Waals surface area (Å²) < 4.78 is 35.4. The van der Waals surface area contributed by atoms with Crippen LogP contribution in [0.4, 0.5) is 13.2 Å². The molecule has 0 saturated carbocycles. The molecule has 0 radical (unpaired) electrons. The Kier molecular flexibility index (Phi) is 2.99. The summed E-state index contributed by atoms with van der Waals surface area (Å²) in [6.45, 7) is 1.78. The molecule has 0 aromatic rings. The Morgan fingerprint density at radius 2 is 2.08 bits per heavy atom. The SMILES string of the molecule is CN1CCC(CCC(F)(F)F)C1. The molecule has 0 aromatic carbocycles. The van der Waals surface area contributed by atoms with Crippen LogP contribution in [0.5, 0.6) is 0 Å². The zero-order valence-electron chi connectivity index (χ0n) is 7.19. The molecule has 1 aliphatic rings. The van der Waals surface area contributed by atoms with Gasteiger partial charge in [-0.3, -0.25) is 0 Å². The maximum Gasteiger partial charge on any atom is 0.389 e. The van der Waals surface area contributed by atoms with E-state index in [0.717, 1.165) is 19.5 Å². The van der Waals surface area contributed by atoms with Gasteiger partial charge in [0.05, 0.1) is 0 Å². The zero-order chi connectivity index (χ0) is 9.19. The molecule has 0 aliphatic carbocycles. The Balaban J connectivity index is 2.16. The smallest absolute Gasteiger partial charge is 0.306 e. The zero-order valence-corrected chi connectivity index (χ0v) is 7.19. The van der Waals surface area contributed by atoms with Gasteiger partial charge in [0.15, 0.2) is 0 Å². The molecule has 1 unspecified atom stereocenters. The lowest BCUT2D eigenvalue weighted by Gasteiger charge is -2.11. The predicted octanol–water partition coefficient (Wildman–Crippen LogP) is 2.28. The first-order valence-electron chi connectivity index (χ1n) is 4.22. The van der Waals surface area contributed by atoms with E-state index in [-0.39, 0.29) is 5.92 Å². The highest BCUT2D eigenvalue weighted by Crippen LogP contribution is 2.27. The van der Waals surface area contributed by atoms with Gasteiger partial charge in [0, 0.05) is 13.0 Å². The quantitative estimate of drug-likeness (QED) is 0.631. The summed E-state index contributed by atoms with van der Waals surface area (Å²) in [6, 6.07) is 0. The van der Waals surface area contributed by atoms with Crippen molar-refractivity contribution < 1.29 is 13.2 Å². The monoisotopic (exact) mass is 181 g/mol. The largest absolute Gasteiger partial charge is 0.389 e. The van der Waals surface area contributed by atoms with Crippen LogP contribution in [0.2, 0.25) is 0 Å². The average Bonchev–Trinajstić information content (AvgIpc) is 2.30. The van der Waals surface area contributed by atoms with Crippen LogP contribution in [-0.2, 0) is 0 Å². The second kappa shape index (κ2) is 3.64. The van der Waals surface area contributed by atoms with Crippen molar-refractivity contribution in [2.45, 2.75) is 25.4 Å². The van der Waals surface area contributed by atoms with Gasteiger partial charge in [-0.25, -0.2) is 0 Å². The van der Waals surface area contributed by atoms with Crippen molar-refractivity contribution in [3.05, 3.63) is 0 Å². The molecule has 0 bridgehead atoms. The third kappa shape index (κ3) is 3.43. The van der Waals surface area contributed by atoms with Gasteiger partial charge in [-0.15, -0.1) is 0 Å². The third-order valence-corrected chi connectivity index (χ3v) is 2.33. The summed E-state index contributed by atoms with van der Waals surface area (Å²) in [6.07, 6.45) is -3.37. The maximum absolute atomic E-state index is 11.8. The molecule has 1 heterocycles. The minimum absolute atomic E-state index is 0.261. The first-order valence-corrected chi connectivity index (χ1v) is 4.22. The average molecular weight is 181 g/mol. The number of likely N-dealkylation sites (tertiary alicyclic amines) is 1. The normalized spacial score (nSPS) is 26.5. The molecular weight excluding hydrogens is 167 g/mol. The van der Waals surface area contributed by atoms with Crippen molar-refractivity contribution >= 4 is 0 Å². The van der Waals surface area contributed by atoms with E-state index in [2.05, 4.69) is 4.90 Å². The molecule has 1 aliphatic heterocycles. The van der Waals surface area contributed by atoms with Crippen molar-refractivity contribution in [2.24, 2.45) is 5.92 Å². The summed E-state index contributed by atoms with van der Waals surface area (Å²) in [4.78, 5) is 2.08. The third-order valence-electron chi connectivity index (χ3n) is 2.33. The van der Waals surface area contributed by atoms with Gasteiger partial charge in [-0.2, -0.15) is 13.2 Å². The molecule has 1 nitrogen and oxygen atoms in total. The predicted molar refractivity (Wildman–Crippen MR) is 40.9 cm³/mol. The Bertz CT molecular complexity index is 144.